The van der Waals surface area contributed by atoms with Gasteiger partial charge in [0.25, 0.3) is 0 Å². The molecular weight excluding hydrogens is 306 g/mol. The smallest absolute Gasteiger partial charge is 0.313 e. The molecule has 0 aliphatic rings. The molecule has 1 atom stereocenters. The second-order valence-electron chi connectivity index (χ2n) is 4.70. The third-order valence-electron chi connectivity index (χ3n) is 3.11. The molecule has 22 heavy (non-hydrogen) atoms. The summed E-state index contributed by atoms with van der Waals surface area (Å²) in [6.45, 7) is -0.0629. The Kier molecular flexibility index (Phi) is 5.19. The molecule has 0 aliphatic heterocycles. The number of hydrogen-bond acceptors (Lipinski definition) is 3. The molecule has 0 fully saturated rings. The molecular formula is C15H16ClN3O3. The van der Waals surface area contributed by atoms with Gasteiger partial charge in [-0.25, -0.2) is 0 Å². The Morgan fingerprint density at radius 3 is 2.59 bits per heavy atom. The van der Waals surface area contributed by atoms with Crippen LogP contribution < -0.4 is 10.6 Å². The first-order valence-corrected chi connectivity index (χ1v) is 7.00. The van der Waals surface area contributed by atoms with E-state index in [4.69, 9.17) is 11.6 Å². The van der Waals surface area contributed by atoms with E-state index in [2.05, 4.69) is 10.6 Å². The van der Waals surface area contributed by atoms with Gasteiger partial charge in [-0.1, -0.05) is 23.7 Å². The third-order valence-corrected chi connectivity index (χ3v) is 3.44. The molecule has 1 aromatic carbocycles. The van der Waals surface area contributed by atoms with Gasteiger partial charge in [0.15, 0.2) is 0 Å². The molecule has 0 saturated carbocycles. The van der Waals surface area contributed by atoms with Crippen molar-refractivity contribution in [2.75, 3.05) is 11.9 Å². The number of aryl methyl sites for hydroxylation is 1. The third kappa shape index (κ3) is 3.87. The second kappa shape index (κ2) is 7.11. The van der Waals surface area contributed by atoms with Gasteiger partial charge >= 0.3 is 11.8 Å². The van der Waals surface area contributed by atoms with Gasteiger partial charge in [-0.3, -0.25) is 9.59 Å². The highest BCUT2D eigenvalue weighted by atomic mass is 35.5. The topological polar surface area (TPSA) is 83.4 Å². The number of nitrogens with one attached hydrogen (secondary N) is 2. The number of amides is 2. The normalized spacial score (nSPS) is 11.8. The Morgan fingerprint density at radius 1 is 1.23 bits per heavy atom. The van der Waals surface area contributed by atoms with Gasteiger partial charge < -0.3 is 20.3 Å². The SMILES string of the molecule is Cn1cccc1C(O)CNC(=O)C(=O)Nc1ccccc1Cl. The standard InChI is InChI=1S/C15H16ClN3O3/c1-19-8-4-7-12(19)13(20)9-17-14(21)15(22)18-11-6-3-2-5-10(11)16/h2-8,13,20H,9H2,1H3,(H,17,21)(H,18,22). The molecule has 7 heteroatoms. The zero-order chi connectivity index (χ0) is 16.1. The van der Waals surface area contributed by atoms with Crippen LogP contribution in [0.25, 0.3) is 0 Å². The van der Waals surface area contributed by atoms with Gasteiger partial charge in [-0.05, 0) is 24.3 Å². The molecule has 2 rings (SSSR count). The highest BCUT2D eigenvalue weighted by Crippen LogP contribution is 2.20. The van der Waals surface area contributed by atoms with Crippen molar-refractivity contribution in [3.8, 4) is 0 Å². The largest absolute Gasteiger partial charge is 0.385 e. The minimum absolute atomic E-state index is 0.0629. The lowest BCUT2D eigenvalue weighted by Crippen LogP contribution is -2.37. The molecule has 116 valence electrons. The van der Waals surface area contributed by atoms with Crippen molar-refractivity contribution >= 4 is 29.1 Å². The van der Waals surface area contributed by atoms with Crippen molar-refractivity contribution in [1.29, 1.82) is 0 Å². The molecule has 1 heterocycles. The lowest BCUT2D eigenvalue weighted by atomic mass is 10.2. The van der Waals surface area contributed by atoms with E-state index in [0.29, 0.717) is 16.4 Å². The summed E-state index contributed by atoms with van der Waals surface area (Å²) in [4.78, 5) is 23.5. The van der Waals surface area contributed by atoms with Crippen molar-refractivity contribution in [3.63, 3.8) is 0 Å². The number of benzene rings is 1. The minimum Gasteiger partial charge on any atom is -0.385 e. The zero-order valence-corrected chi connectivity index (χ0v) is 12.7. The number of carbonyl (C=O) groups excluding carboxylic acids is 2. The van der Waals surface area contributed by atoms with Gasteiger partial charge in [-0.15, -0.1) is 0 Å². The summed E-state index contributed by atoms with van der Waals surface area (Å²) in [5.74, 6) is -1.68. The fraction of sp³-hybridized carbons (Fsp3) is 0.200. The van der Waals surface area contributed by atoms with E-state index >= 15 is 0 Å². The van der Waals surface area contributed by atoms with E-state index in [1.165, 1.54) is 0 Å². The number of hydrogen-bond donors (Lipinski definition) is 3. The molecule has 2 amide bonds. The number of aliphatic hydroxyl groups is 1. The van der Waals surface area contributed by atoms with Crippen LogP contribution >= 0.6 is 11.6 Å². The van der Waals surface area contributed by atoms with E-state index < -0.39 is 17.9 Å². The van der Waals surface area contributed by atoms with Crippen LogP contribution in [0.1, 0.15) is 11.8 Å². The first-order chi connectivity index (χ1) is 10.5. The molecule has 0 radical (unpaired) electrons. The van der Waals surface area contributed by atoms with E-state index in [-0.39, 0.29) is 6.54 Å². The number of halogens is 1. The van der Waals surface area contributed by atoms with Gasteiger partial charge in [-0.2, -0.15) is 0 Å². The van der Waals surface area contributed by atoms with Gasteiger partial charge in [0, 0.05) is 25.5 Å². The van der Waals surface area contributed by atoms with Crippen LogP contribution in [0.2, 0.25) is 5.02 Å². The number of aliphatic hydroxyl groups excluding tert-OH is 1. The van der Waals surface area contributed by atoms with Crippen LogP contribution in [-0.2, 0) is 16.6 Å². The maximum atomic E-state index is 11.8. The van der Waals surface area contributed by atoms with Crippen LogP contribution in [0.15, 0.2) is 42.6 Å². The number of nitrogens with zero attached hydrogens (tertiary/aromatic N) is 1. The Morgan fingerprint density at radius 2 is 1.95 bits per heavy atom. The number of para-hydroxylation sites is 1. The summed E-state index contributed by atoms with van der Waals surface area (Å²) in [5.41, 5.74) is 0.999. The minimum atomic E-state index is -0.892. The number of aromatic nitrogens is 1. The Balaban J connectivity index is 1.88. The lowest BCUT2D eigenvalue weighted by Gasteiger charge is -2.13. The van der Waals surface area contributed by atoms with Crippen LogP contribution in [0.5, 0.6) is 0 Å². The quantitative estimate of drug-likeness (QED) is 0.746. The predicted octanol–water partition coefficient (Wildman–Crippen LogP) is 1.47. The Hall–Kier alpha value is -2.31. The predicted molar refractivity (Wildman–Crippen MR) is 83.5 cm³/mol. The summed E-state index contributed by atoms with van der Waals surface area (Å²) in [7, 11) is 1.78. The molecule has 1 unspecified atom stereocenters. The molecule has 0 bridgehead atoms. The first kappa shape index (κ1) is 16.1. The van der Waals surface area contributed by atoms with E-state index in [9.17, 15) is 14.7 Å². The average Bonchev–Trinajstić information content (AvgIpc) is 2.93. The molecule has 0 spiro atoms. The monoisotopic (exact) mass is 321 g/mol. The van der Waals surface area contributed by atoms with Crippen LogP contribution in [0.3, 0.4) is 0 Å². The number of anilines is 1. The Labute approximate surface area is 132 Å². The van der Waals surface area contributed by atoms with Crippen LogP contribution in [-0.4, -0.2) is 28.0 Å². The number of rotatable bonds is 4. The van der Waals surface area contributed by atoms with Crippen LogP contribution in [0.4, 0.5) is 5.69 Å². The summed E-state index contributed by atoms with van der Waals surface area (Å²) in [6.07, 6.45) is 0.891. The van der Waals surface area contributed by atoms with Gasteiger partial charge in [0.05, 0.1) is 10.7 Å². The molecule has 6 nitrogen and oxygen atoms in total. The van der Waals surface area contributed by atoms with E-state index in [0.717, 1.165) is 0 Å². The van der Waals surface area contributed by atoms with E-state index in [1.54, 1.807) is 54.2 Å². The van der Waals surface area contributed by atoms with Gasteiger partial charge in [0.1, 0.15) is 6.10 Å². The molecule has 0 aliphatic carbocycles. The highest BCUT2D eigenvalue weighted by Gasteiger charge is 2.17. The second-order valence-corrected chi connectivity index (χ2v) is 5.11. The fourth-order valence-corrected chi connectivity index (χ4v) is 2.12. The summed E-state index contributed by atoms with van der Waals surface area (Å²) < 4.78 is 1.74. The zero-order valence-electron chi connectivity index (χ0n) is 11.9. The van der Waals surface area contributed by atoms with Crippen molar-refractivity contribution in [1.82, 2.24) is 9.88 Å². The van der Waals surface area contributed by atoms with Crippen molar-refractivity contribution < 1.29 is 14.7 Å². The maximum absolute atomic E-state index is 11.8. The first-order valence-electron chi connectivity index (χ1n) is 6.62. The summed E-state index contributed by atoms with van der Waals surface area (Å²) in [5, 5.41) is 15.1. The van der Waals surface area contributed by atoms with Crippen LogP contribution in [0, 0.1) is 0 Å². The molecule has 0 saturated heterocycles. The Bertz CT molecular complexity index is 684. The number of carbonyl (C=O) groups is 2. The van der Waals surface area contributed by atoms with Gasteiger partial charge in [0.2, 0.25) is 0 Å². The van der Waals surface area contributed by atoms with Crippen molar-refractivity contribution in [2.45, 2.75) is 6.10 Å². The van der Waals surface area contributed by atoms with E-state index in [1.807, 2.05) is 0 Å². The molecule has 2 aromatic rings. The van der Waals surface area contributed by atoms with Crippen molar-refractivity contribution in [2.24, 2.45) is 7.05 Å². The summed E-state index contributed by atoms with van der Waals surface area (Å²) >= 11 is 5.90. The molecule has 1 aromatic heterocycles. The maximum Gasteiger partial charge on any atom is 0.313 e. The fourth-order valence-electron chi connectivity index (χ4n) is 1.94. The average molecular weight is 322 g/mol. The summed E-state index contributed by atoms with van der Waals surface area (Å²) in [6, 6.07) is 10.1. The van der Waals surface area contributed by atoms with Crippen molar-refractivity contribution in [3.05, 3.63) is 53.3 Å². The molecule has 3 N–H and O–H groups in total. The highest BCUT2D eigenvalue weighted by molar-refractivity contribution is 6.41. The lowest BCUT2D eigenvalue weighted by molar-refractivity contribution is -0.136.